The van der Waals surface area contributed by atoms with Crippen molar-refractivity contribution in [1.82, 2.24) is 0 Å². The molecule has 0 unspecified atom stereocenters. The molecule has 0 saturated carbocycles. The van der Waals surface area contributed by atoms with Gasteiger partial charge in [0.05, 0.1) is 5.56 Å². The van der Waals surface area contributed by atoms with Crippen LogP contribution in [0, 0.1) is 0 Å². The summed E-state index contributed by atoms with van der Waals surface area (Å²) < 4.78 is 37.7. The number of hydrogen-bond donors (Lipinski definition) is 0. The third-order valence-corrected chi connectivity index (χ3v) is 2.88. The molecule has 14 heavy (non-hydrogen) atoms. The molecule has 3 heteroatoms. The van der Waals surface area contributed by atoms with Crippen LogP contribution in [-0.2, 0) is 12.6 Å². The highest BCUT2D eigenvalue weighted by molar-refractivity contribution is 5.42. The Morgan fingerprint density at radius 2 is 2.00 bits per heavy atom. The van der Waals surface area contributed by atoms with Crippen molar-refractivity contribution in [3.8, 4) is 0 Å². The third kappa shape index (κ3) is 1.41. The zero-order valence-corrected chi connectivity index (χ0v) is 7.86. The summed E-state index contributed by atoms with van der Waals surface area (Å²) in [5, 5.41) is 0. The zero-order chi connectivity index (χ0) is 10.3. The normalized spacial score (nSPS) is 21.0. The molecule has 1 aromatic rings. The van der Waals surface area contributed by atoms with Gasteiger partial charge in [-0.05, 0) is 36.0 Å². The van der Waals surface area contributed by atoms with Crippen LogP contribution in [0.15, 0.2) is 18.2 Å². The second-order valence-electron chi connectivity index (χ2n) is 3.81. The molecule has 0 spiro atoms. The van der Waals surface area contributed by atoms with E-state index in [1.807, 2.05) is 13.0 Å². The molecule has 0 saturated heterocycles. The van der Waals surface area contributed by atoms with E-state index in [1.165, 1.54) is 12.1 Å². The predicted octanol–water partition coefficient (Wildman–Crippen LogP) is 3.76. The molecule has 1 atom stereocenters. The Bertz CT molecular complexity index is 352. The van der Waals surface area contributed by atoms with Crippen molar-refractivity contribution in [3.05, 3.63) is 34.9 Å². The fourth-order valence-corrected chi connectivity index (χ4v) is 2.13. The second-order valence-corrected chi connectivity index (χ2v) is 3.81. The quantitative estimate of drug-likeness (QED) is 0.598. The zero-order valence-electron chi connectivity index (χ0n) is 7.86. The van der Waals surface area contributed by atoms with E-state index in [0.29, 0.717) is 12.0 Å². The highest BCUT2D eigenvalue weighted by Gasteiger charge is 2.36. The van der Waals surface area contributed by atoms with Crippen LogP contribution in [0.2, 0.25) is 0 Å². The minimum Gasteiger partial charge on any atom is -0.166 e. The van der Waals surface area contributed by atoms with E-state index in [1.54, 1.807) is 0 Å². The van der Waals surface area contributed by atoms with Crippen LogP contribution >= 0.6 is 0 Å². The maximum absolute atomic E-state index is 12.6. The Morgan fingerprint density at radius 1 is 1.29 bits per heavy atom. The van der Waals surface area contributed by atoms with Gasteiger partial charge in [0.15, 0.2) is 0 Å². The summed E-state index contributed by atoms with van der Waals surface area (Å²) in [6, 6.07) is 4.49. The van der Waals surface area contributed by atoms with E-state index in [4.69, 9.17) is 0 Å². The standard InChI is InChI=1S/C11H11F3/c1-7-5-6-9-8(7)3-2-4-10(9)11(12,13)14/h2-4,7H,5-6H2,1H3/t7-/m1/s1. The van der Waals surface area contributed by atoms with E-state index >= 15 is 0 Å². The monoisotopic (exact) mass is 200 g/mol. The van der Waals surface area contributed by atoms with Crippen molar-refractivity contribution in [2.75, 3.05) is 0 Å². The highest BCUT2D eigenvalue weighted by Crippen LogP contribution is 2.40. The van der Waals surface area contributed by atoms with E-state index in [0.717, 1.165) is 12.0 Å². The Kier molecular flexibility index (Phi) is 2.05. The molecule has 0 bridgehead atoms. The topological polar surface area (TPSA) is 0 Å². The molecule has 0 fully saturated rings. The lowest BCUT2D eigenvalue weighted by molar-refractivity contribution is -0.138. The van der Waals surface area contributed by atoms with Crippen LogP contribution in [-0.4, -0.2) is 0 Å². The average molecular weight is 200 g/mol. The van der Waals surface area contributed by atoms with Gasteiger partial charge in [-0.1, -0.05) is 19.1 Å². The summed E-state index contributed by atoms with van der Waals surface area (Å²) >= 11 is 0. The molecule has 1 aliphatic carbocycles. The SMILES string of the molecule is C[C@@H]1CCc2c1cccc2C(F)(F)F. The maximum atomic E-state index is 12.6. The lowest BCUT2D eigenvalue weighted by atomic mass is 10.00. The smallest absolute Gasteiger partial charge is 0.166 e. The van der Waals surface area contributed by atoms with Gasteiger partial charge < -0.3 is 0 Å². The van der Waals surface area contributed by atoms with Gasteiger partial charge in [-0.25, -0.2) is 0 Å². The molecular weight excluding hydrogens is 189 g/mol. The van der Waals surface area contributed by atoms with Crippen molar-refractivity contribution < 1.29 is 13.2 Å². The molecule has 0 heterocycles. The Balaban J connectivity index is 2.55. The average Bonchev–Trinajstić information content (AvgIpc) is 2.46. The van der Waals surface area contributed by atoms with Crippen LogP contribution in [0.1, 0.15) is 36.0 Å². The Hall–Kier alpha value is -0.990. The molecule has 76 valence electrons. The number of halogens is 3. The van der Waals surface area contributed by atoms with Crippen molar-refractivity contribution in [1.29, 1.82) is 0 Å². The van der Waals surface area contributed by atoms with Gasteiger partial charge in [-0.2, -0.15) is 13.2 Å². The van der Waals surface area contributed by atoms with Gasteiger partial charge in [0.2, 0.25) is 0 Å². The highest BCUT2D eigenvalue weighted by atomic mass is 19.4. The number of alkyl halides is 3. The number of fused-ring (bicyclic) bond motifs is 1. The van der Waals surface area contributed by atoms with E-state index in [2.05, 4.69) is 0 Å². The van der Waals surface area contributed by atoms with Crippen molar-refractivity contribution >= 4 is 0 Å². The molecule has 0 radical (unpaired) electrons. The summed E-state index contributed by atoms with van der Waals surface area (Å²) in [6.45, 7) is 1.98. The summed E-state index contributed by atoms with van der Waals surface area (Å²) in [6.07, 6.45) is -2.80. The number of hydrogen-bond acceptors (Lipinski definition) is 0. The minimum atomic E-state index is -4.20. The molecule has 0 aliphatic heterocycles. The van der Waals surface area contributed by atoms with Crippen LogP contribution < -0.4 is 0 Å². The summed E-state index contributed by atoms with van der Waals surface area (Å²) in [4.78, 5) is 0. The first kappa shape index (κ1) is 9.56. The van der Waals surface area contributed by atoms with Crippen LogP contribution in [0.4, 0.5) is 13.2 Å². The van der Waals surface area contributed by atoms with Gasteiger partial charge in [-0.3, -0.25) is 0 Å². The summed E-state index contributed by atoms with van der Waals surface area (Å²) in [7, 11) is 0. The van der Waals surface area contributed by atoms with E-state index < -0.39 is 11.7 Å². The van der Waals surface area contributed by atoms with Gasteiger partial charge in [-0.15, -0.1) is 0 Å². The van der Waals surface area contributed by atoms with Gasteiger partial charge in [0.1, 0.15) is 0 Å². The first-order valence-corrected chi connectivity index (χ1v) is 4.69. The lowest BCUT2D eigenvalue weighted by Gasteiger charge is -2.12. The van der Waals surface area contributed by atoms with Crippen molar-refractivity contribution in [2.24, 2.45) is 0 Å². The molecule has 0 amide bonds. The Labute approximate surface area is 80.7 Å². The van der Waals surface area contributed by atoms with Crippen LogP contribution in [0.3, 0.4) is 0 Å². The predicted molar refractivity (Wildman–Crippen MR) is 48.2 cm³/mol. The van der Waals surface area contributed by atoms with Crippen molar-refractivity contribution in [2.45, 2.75) is 31.9 Å². The van der Waals surface area contributed by atoms with Crippen molar-refractivity contribution in [3.63, 3.8) is 0 Å². The van der Waals surface area contributed by atoms with Gasteiger partial charge in [0, 0.05) is 0 Å². The minimum absolute atomic E-state index is 0.271. The maximum Gasteiger partial charge on any atom is 0.416 e. The molecule has 0 N–H and O–H groups in total. The molecule has 1 aromatic carbocycles. The molecule has 0 nitrogen and oxygen atoms in total. The van der Waals surface area contributed by atoms with Crippen LogP contribution in [0.5, 0.6) is 0 Å². The molecular formula is C11H11F3. The largest absolute Gasteiger partial charge is 0.416 e. The van der Waals surface area contributed by atoms with E-state index in [9.17, 15) is 13.2 Å². The van der Waals surface area contributed by atoms with E-state index in [-0.39, 0.29) is 5.92 Å². The Morgan fingerprint density at radius 3 is 2.64 bits per heavy atom. The summed E-state index contributed by atoms with van der Waals surface area (Å²) in [5.74, 6) is 0.271. The molecule has 1 aliphatic rings. The first-order chi connectivity index (χ1) is 6.50. The summed E-state index contributed by atoms with van der Waals surface area (Å²) in [5.41, 5.74) is 0.937. The van der Waals surface area contributed by atoms with Crippen LogP contribution in [0.25, 0.3) is 0 Å². The molecule has 2 rings (SSSR count). The third-order valence-electron chi connectivity index (χ3n) is 2.88. The first-order valence-electron chi connectivity index (χ1n) is 4.69. The van der Waals surface area contributed by atoms with Gasteiger partial charge in [0.25, 0.3) is 0 Å². The van der Waals surface area contributed by atoms with Gasteiger partial charge >= 0.3 is 6.18 Å². The second kappa shape index (κ2) is 3.01. The fraction of sp³-hybridized carbons (Fsp3) is 0.455. The number of benzene rings is 1. The lowest BCUT2D eigenvalue weighted by Crippen LogP contribution is -2.08. The molecule has 0 aromatic heterocycles. The fourth-order valence-electron chi connectivity index (χ4n) is 2.13. The number of rotatable bonds is 0.